The standard InChI is InChI=1S/C19H21N5O10S3.2Na/c1-12-18(19(20)24(23-12)13-3-5-14(6-4-13)36(27,28)29)22-21-16-11-15(7-8-17(16)33-2)35(25,26)10-9-34-37(30,31)32;;/h3-8,11,18,20H,9-10H2,1-2H3,(H,27,28,29)(H,30,31,32);;/q;2*+1/p-1. The summed E-state index contributed by atoms with van der Waals surface area (Å²) in [5.41, 5.74) is 0.634. The van der Waals surface area contributed by atoms with Crippen LogP contribution in [0.1, 0.15) is 6.92 Å². The molecule has 20 heteroatoms. The summed E-state index contributed by atoms with van der Waals surface area (Å²) in [6.45, 7) is 0.762. The minimum Gasteiger partial charge on any atom is -0.744 e. The summed E-state index contributed by atoms with van der Waals surface area (Å²) >= 11 is 0. The van der Waals surface area contributed by atoms with Crippen molar-refractivity contribution < 1.29 is 102 Å². The van der Waals surface area contributed by atoms with Crippen LogP contribution in [-0.2, 0) is 34.5 Å². The van der Waals surface area contributed by atoms with E-state index >= 15 is 0 Å². The zero-order valence-electron chi connectivity index (χ0n) is 21.2. The van der Waals surface area contributed by atoms with E-state index in [-0.39, 0.29) is 81.3 Å². The Hall–Kier alpha value is -1.29. The summed E-state index contributed by atoms with van der Waals surface area (Å²) in [5.74, 6) is -0.748. The van der Waals surface area contributed by atoms with Crippen molar-refractivity contribution >= 4 is 53.3 Å². The number of amidine groups is 1. The van der Waals surface area contributed by atoms with Crippen molar-refractivity contribution in [1.29, 1.82) is 5.41 Å². The molecule has 2 aromatic carbocycles. The van der Waals surface area contributed by atoms with Gasteiger partial charge in [-0.15, -0.1) is 0 Å². The van der Waals surface area contributed by atoms with Crippen LogP contribution in [-0.4, -0.2) is 71.4 Å². The monoisotopic (exact) mass is 620 g/mol. The summed E-state index contributed by atoms with van der Waals surface area (Å²) in [7, 11) is -12.2. The van der Waals surface area contributed by atoms with Gasteiger partial charge in [0.25, 0.3) is 0 Å². The number of hydrogen-bond acceptors (Lipinski definition) is 13. The molecule has 3 rings (SSSR count). The minimum absolute atomic E-state index is 0. The van der Waals surface area contributed by atoms with Gasteiger partial charge in [0.15, 0.2) is 21.7 Å². The molecule has 0 aromatic heterocycles. The summed E-state index contributed by atoms with van der Waals surface area (Å²) in [5, 5.41) is 21.9. The average Bonchev–Trinajstić information content (AvgIpc) is 3.09. The average molecular weight is 621 g/mol. The Morgan fingerprint density at radius 1 is 1.05 bits per heavy atom. The number of nitrogens with zero attached hydrogens (tertiary/aromatic N) is 4. The molecule has 1 unspecified atom stereocenters. The molecule has 0 saturated carbocycles. The number of ether oxygens (including phenoxy) is 1. The van der Waals surface area contributed by atoms with Crippen LogP contribution in [0, 0.1) is 5.41 Å². The Bertz CT molecular complexity index is 1600. The molecule has 0 saturated heterocycles. The van der Waals surface area contributed by atoms with E-state index in [1.807, 2.05) is 0 Å². The molecule has 0 fully saturated rings. The molecule has 0 aliphatic carbocycles. The van der Waals surface area contributed by atoms with E-state index in [9.17, 15) is 29.8 Å². The Kier molecular flexibility index (Phi) is 12.9. The molecule has 0 bridgehead atoms. The molecule has 15 nitrogen and oxygen atoms in total. The molecule has 1 aliphatic heterocycles. The molecule has 2 N–H and O–H groups in total. The van der Waals surface area contributed by atoms with Gasteiger partial charge in [0, 0.05) is 0 Å². The smallest absolute Gasteiger partial charge is 0.744 e. The zero-order chi connectivity index (χ0) is 27.6. The van der Waals surface area contributed by atoms with Gasteiger partial charge < -0.3 is 9.29 Å². The normalized spacial score (nSPS) is 16.0. The van der Waals surface area contributed by atoms with E-state index in [2.05, 4.69) is 19.5 Å². The van der Waals surface area contributed by atoms with E-state index in [1.165, 1.54) is 36.4 Å². The maximum absolute atomic E-state index is 12.5. The van der Waals surface area contributed by atoms with Gasteiger partial charge in [-0.05, 0) is 49.4 Å². The van der Waals surface area contributed by atoms with Gasteiger partial charge in [-0.3, -0.25) is 9.96 Å². The van der Waals surface area contributed by atoms with E-state index in [4.69, 9.17) is 14.7 Å². The van der Waals surface area contributed by atoms with Crippen LogP contribution in [0.25, 0.3) is 0 Å². The molecule has 0 radical (unpaired) electrons. The van der Waals surface area contributed by atoms with E-state index < -0.39 is 53.7 Å². The van der Waals surface area contributed by atoms with Gasteiger partial charge in [0.1, 0.15) is 21.6 Å². The predicted octanol–water partition coefficient (Wildman–Crippen LogP) is -4.47. The van der Waals surface area contributed by atoms with Crippen LogP contribution in [0.3, 0.4) is 0 Å². The Balaban J connectivity index is 0.00000380. The number of anilines is 1. The summed E-state index contributed by atoms with van der Waals surface area (Å²) < 4.78 is 97.6. The van der Waals surface area contributed by atoms with Gasteiger partial charge >= 0.3 is 69.5 Å². The van der Waals surface area contributed by atoms with Gasteiger partial charge in [-0.1, -0.05) is 0 Å². The number of nitrogens with one attached hydrogen (secondary N) is 1. The first kappa shape index (κ1) is 35.7. The van der Waals surface area contributed by atoms with Crippen molar-refractivity contribution in [3.05, 3.63) is 42.5 Å². The summed E-state index contributed by atoms with van der Waals surface area (Å²) in [4.78, 5) is -0.687. The first-order valence-electron chi connectivity index (χ1n) is 10.1. The van der Waals surface area contributed by atoms with Crippen molar-refractivity contribution in [2.24, 2.45) is 15.3 Å². The van der Waals surface area contributed by atoms with Gasteiger partial charge in [-0.2, -0.15) is 23.7 Å². The van der Waals surface area contributed by atoms with Gasteiger partial charge in [0.2, 0.25) is 0 Å². The van der Waals surface area contributed by atoms with Gasteiger partial charge in [-0.25, -0.2) is 26.0 Å². The van der Waals surface area contributed by atoms with Crippen LogP contribution >= 0.6 is 0 Å². The van der Waals surface area contributed by atoms with Crippen molar-refractivity contribution in [1.82, 2.24) is 0 Å². The molecular formula is C19H20N5Na2O10S3+. The number of hydrogen-bond donors (Lipinski definition) is 2. The van der Waals surface area contributed by atoms with Crippen molar-refractivity contribution in [3.63, 3.8) is 0 Å². The maximum Gasteiger partial charge on any atom is 1.00 e. The molecular weight excluding hydrogens is 600 g/mol. The number of benzene rings is 2. The van der Waals surface area contributed by atoms with Crippen molar-refractivity contribution in [2.45, 2.75) is 22.8 Å². The van der Waals surface area contributed by atoms with Crippen molar-refractivity contribution in [3.8, 4) is 5.75 Å². The van der Waals surface area contributed by atoms with Crippen LogP contribution in [0.2, 0.25) is 0 Å². The predicted molar refractivity (Wildman–Crippen MR) is 129 cm³/mol. The molecule has 0 spiro atoms. The van der Waals surface area contributed by atoms with Gasteiger partial charge in [0.05, 0.1) is 40.7 Å². The number of azo groups is 1. The molecule has 1 aliphatic rings. The number of methoxy groups -OCH3 is 1. The van der Waals surface area contributed by atoms with E-state index in [0.29, 0.717) is 11.4 Å². The third-order valence-corrected chi connectivity index (χ3v) is 7.88. The number of hydrazone groups is 1. The molecule has 200 valence electrons. The number of sulfone groups is 1. The SMILES string of the molecule is COc1ccc(S(=O)(=O)CCOS(=O)(=O)O)cc1N=NC1C(=N)N(c2ccc(S(=O)(=O)[O-])cc2)N=C1C.[Na+].[Na+]. The Morgan fingerprint density at radius 3 is 2.18 bits per heavy atom. The maximum atomic E-state index is 12.5. The fraction of sp³-hybridized carbons (Fsp3) is 0.263. The fourth-order valence-corrected chi connectivity index (χ4v) is 5.07. The fourth-order valence-electron chi connectivity index (χ4n) is 3.10. The largest absolute Gasteiger partial charge is 1.00 e. The second-order valence-corrected chi connectivity index (χ2v) is 12.0. The molecule has 1 heterocycles. The topological polar surface area (TPSA) is 228 Å². The second-order valence-electron chi connectivity index (χ2n) is 7.41. The zero-order valence-corrected chi connectivity index (χ0v) is 27.6. The van der Waals surface area contributed by atoms with E-state index in [1.54, 1.807) is 6.92 Å². The number of rotatable bonds is 10. The van der Waals surface area contributed by atoms with Crippen LogP contribution < -0.4 is 68.9 Å². The van der Waals surface area contributed by atoms with Crippen LogP contribution in [0.4, 0.5) is 11.4 Å². The Labute approximate surface area is 269 Å². The third-order valence-electron chi connectivity index (χ3n) is 4.89. The second kappa shape index (κ2) is 14.1. The quantitative estimate of drug-likeness (QED) is 0.146. The Morgan fingerprint density at radius 2 is 1.64 bits per heavy atom. The summed E-state index contributed by atoms with van der Waals surface area (Å²) in [6, 6.07) is 7.46. The first-order chi connectivity index (χ1) is 17.1. The molecule has 2 aromatic rings. The molecule has 1 atom stereocenters. The molecule has 39 heavy (non-hydrogen) atoms. The minimum atomic E-state index is -4.80. The van der Waals surface area contributed by atoms with Crippen LogP contribution in [0.5, 0.6) is 5.75 Å². The molecule has 0 amide bonds. The van der Waals surface area contributed by atoms with Crippen LogP contribution in [0.15, 0.2) is 67.6 Å². The third kappa shape index (κ3) is 9.37. The first-order valence-corrected chi connectivity index (χ1v) is 14.5. The summed E-state index contributed by atoms with van der Waals surface area (Å²) in [6.07, 6.45) is 0. The van der Waals surface area contributed by atoms with E-state index in [0.717, 1.165) is 18.2 Å². The van der Waals surface area contributed by atoms with Crippen molar-refractivity contribution in [2.75, 3.05) is 24.5 Å².